The lowest BCUT2D eigenvalue weighted by Gasteiger charge is -2.17. The molecule has 0 fully saturated rings. The van der Waals surface area contributed by atoms with Crippen molar-refractivity contribution in [1.82, 2.24) is 0 Å². The average molecular weight is 569 g/mol. The van der Waals surface area contributed by atoms with Crippen molar-refractivity contribution in [2.75, 3.05) is 13.2 Å². The van der Waals surface area contributed by atoms with E-state index in [-0.39, 0.29) is 23.7 Å². The van der Waals surface area contributed by atoms with Crippen molar-refractivity contribution in [2.24, 2.45) is 5.92 Å². The third-order valence-corrected chi connectivity index (χ3v) is 7.35. The van der Waals surface area contributed by atoms with Crippen LogP contribution in [0.15, 0.2) is 54.6 Å². The van der Waals surface area contributed by atoms with Crippen LogP contribution >= 0.6 is 11.6 Å². The van der Waals surface area contributed by atoms with Crippen LogP contribution in [-0.2, 0) is 4.74 Å². The van der Waals surface area contributed by atoms with Gasteiger partial charge in [-0.05, 0) is 65.4 Å². The molecule has 0 spiro atoms. The summed E-state index contributed by atoms with van der Waals surface area (Å²) in [5, 5.41) is 9.61. The zero-order valence-corrected chi connectivity index (χ0v) is 24.2. The summed E-state index contributed by atoms with van der Waals surface area (Å²) in [6.07, 6.45) is 7.61. The molecule has 1 N–H and O–H groups in total. The molecule has 3 aromatic carbocycles. The van der Waals surface area contributed by atoms with E-state index in [2.05, 4.69) is 6.92 Å². The van der Waals surface area contributed by atoms with Gasteiger partial charge in [0.2, 0.25) is 0 Å². The van der Waals surface area contributed by atoms with Crippen molar-refractivity contribution in [2.45, 2.75) is 65.7 Å². The average Bonchev–Trinajstić information content (AvgIpc) is 2.95. The van der Waals surface area contributed by atoms with E-state index in [4.69, 9.17) is 21.1 Å². The number of hydrogen-bond acceptors (Lipinski definition) is 4. The summed E-state index contributed by atoms with van der Waals surface area (Å²) in [4.78, 5) is 23.8. The summed E-state index contributed by atoms with van der Waals surface area (Å²) in [6, 6.07) is 14.3. The highest BCUT2D eigenvalue weighted by Gasteiger charge is 2.20. The molecule has 0 aromatic heterocycles. The molecule has 0 saturated carbocycles. The Labute approximate surface area is 241 Å². The normalized spacial score (nSPS) is 11.7. The van der Waals surface area contributed by atoms with Gasteiger partial charge in [-0.3, -0.25) is 0 Å². The minimum atomic E-state index is -1.03. The molecular weight excluding hydrogens is 531 g/mol. The smallest absolute Gasteiger partial charge is 0.341 e. The molecule has 0 aliphatic heterocycles. The number of halogens is 2. The number of benzene rings is 3. The summed E-state index contributed by atoms with van der Waals surface area (Å²) >= 11 is 6.88. The number of esters is 1. The second-order valence-corrected chi connectivity index (χ2v) is 10.5. The third-order valence-electron chi connectivity index (χ3n) is 6.98. The summed E-state index contributed by atoms with van der Waals surface area (Å²) in [6.45, 7) is 6.87. The Kier molecular flexibility index (Phi) is 12.0. The minimum absolute atomic E-state index is 0.147. The van der Waals surface area contributed by atoms with Crippen LogP contribution < -0.4 is 4.74 Å². The number of unbranched alkanes of at least 4 members (excludes halogenated alkanes) is 5. The van der Waals surface area contributed by atoms with Crippen molar-refractivity contribution < 1.29 is 28.6 Å². The first-order valence-electron chi connectivity index (χ1n) is 14.0. The maximum atomic E-state index is 15.2. The molecule has 0 bridgehead atoms. The summed E-state index contributed by atoms with van der Waals surface area (Å²) in [5.41, 5.74) is 2.39. The molecule has 0 aliphatic carbocycles. The van der Waals surface area contributed by atoms with E-state index in [0.29, 0.717) is 39.6 Å². The second-order valence-electron chi connectivity index (χ2n) is 10.1. The largest absolute Gasteiger partial charge is 0.492 e. The van der Waals surface area contributed by atoms with Crippen molar-refractivity contribution in [1.29, 1.82) is 0 Å². The molecule has 0 heterocycles. The van der Waals surface area contributed by atoms with E-state index >= 15 is 4.39 Å². The number of aromatic carboxylic acids is 1. The first-order valence-corrected chi connectivity index (χ1v) is 14.4. The first kappa shape index (κ1) is 31.2. The molecule has 0 amide bonds. The van der Waals surface area contributed by atoms with Gasteiger partial charge in [-0.2, -0.15) is 0 Å². The zero-order chi connectivity index (χ0) is 29.1. The SMILES string of the molecule is CCCCCCCCOc1ccc(-c2ccc(C(=O)O)cc2)c(-c2ccc(C(=O)OC[C@@H](C)CC)c(F)c2)c1Cl. The van der Waals surface area contributed by atoms with Gasteiger partial charge in [0.1, 0.15) is 11.6 Å². The van der Waals surface area contributed by atoms with Crippen LogP contribution in [0.4, 0.5) is 4.39 Å². The number of hydrogen-bond donors (Lipinski definition) is 1. The standard InChI is InChI=1S/C33H38ClFO5/c1-4-6-7-8-9-10-19-39-29-18-17-26(23-11-13-24(14-12-23)32(36)37)30(31(29)34)25-15-16-27(28(35)20-25)33(38)40-21-22(3)5-2/h11-18,20,22H,4-10,19,21H2,1-3H3,(H,36,37)/t22-/m0/s1. The molecule has 40 heavy (non-hydrogen) atoms. The van der Waals surface area contributed by atoms with Crippen LogP contribution in [-0.4, -0.2) is 30.3 Å². The molecule has 0 saturated heterocycles. The monoisotopic (exact) mass is 568 g/mol. The Morgan fingerprint density at radius 2 is 1.60 bits per heavy atom. The first-order chi connectivity index (χ1) is 19.3. The lowest BCUT2D eigenvalue weighted by molar-refractivity contribution is 0.0441. The highest BCUT2D eigenvalue weighted by atomic mass is 35.5. The van der Waals surface area contributed by atoms with Crippen molar-refractivity contribution in [3.05, 3.63) is 76.6 Å². The number of carboxylic acid groups (broad SMARTS) is 1. The zero-order valence-electron chi connectivity index (χ0n) is 23.5. The highest BCUT2D eigenvalue weighted by Crippen LogP contribution is 2.43. The van der Waals surface area contributed by atoms with Gasteiger partial charge in [-0.25, -0.2) is 14.0 Å². The van der Waals surface area contributed by atoms with E-state index < -0.39 is 17.8 Å². The van der Waals surface area contributed by atoms with Crippen LogP contribution in [0.3, 0.4) is 0 Å². The number of rotatable bonds is 15. The van der Waals surface area contributed by atoms with E-state index in [1.54, 1.807) is 24.3 Å². The Balaban J connectivity index is 1.93. The molecule has 0 unspecified atom stereocenters. The predicted molar refractivity (Wildman–Crippen MR) is 158 cm³/mol. The van der Waals surface area contributed by atoms with Gasteiger partial charge in [-0.1, -0.05) is 89.1 Å². The minimum Gasteiger partial charge on any atom is -0.492 e. The molecule has 1 atom stereocenters. The van der Waals surface area contributed by atoms with Crippen LogP contribution in [0.1, 0.15) is 86.4 Å². The lowest BCUT2D eigenvalue weighted by atomic mass is 9.93. The summed E-state index contributed by atoms with van der Waals surface area (Å²) in [5.74, 6) is -1.79. The van der Waals surface area contributed by atoms with Gasteiger partial charge in [0.25, 0.3) is 0 Å². The number of carbonyl (C=O) groups is 2. The molecule has 7 heteroatoms. The highest BCUT2D eigenvalue weighted by molar-refractivity contribution is 6.35. The van der Waals surface area contributed by atoms with Gasteiger partial charge in [0.15, 0.2) is 0 Å². The molecule has 3 rings (SSSR count). The Hall–Kier alpha value is -3.38. The third kappa shape index (κ3) is 8.31. The molecule has 5 nitrogen and oxygen atoms in total. The maximum absolute atomic E-state index is 15.2. The molecule has 0 aliphatic rings. The molecule has 214 valence electrons. The van der Waals surface area contributed by atoms with E-state index in [9.17, 15) is 14.7 Å². The number of carboxylic acids is 1. The van der Waals surface area contributed by atoms with Gasteiger partial charge in [0, 0.05) is 5.56 Å². The molecular formula is C33H38ClFO5. The predicted octanol–water partition coefficient (Wildman–Crippen LogP) is 9.45. The van der Waals surface area contributed by atoms with E-state index in [1.165, 1.54) is 43.5 Å². The van der Waals surface area contributed by atoms with Crippen molar-refractivity contribution in [3.8, 4) is 28.0 Å². The van der Waals surface area contributed by atoms with Crippen LogP contribution in [0, 0.1) is 11.7 Å². The van der Waals surface area contributed by atoms with Crippen LogP contribution in [0.2, 0.25) is 5.02 Å². The number of carbonyl (C=O) groups excluding carboxylic acids is 1. The fraction of sp³-hybridized carbons (Fsp3) is 0.394. The van der Waals surface area contributed by atoms with Gasteiger partial charge >= 0.3 is 11.9 Å². The summed E-state index contributed by atoms with van der Waals surface area (Å²) < 4.78 is 26.5. The van der Waals surface area contributed by atoms with Crippen molar-refractivity contribution >= 4 is 23.5 Å². The number of ether oxygens (including phenoxy) is 2. The molecule has 0 radical (unpaired) electrons. The lowest BCUT2D eigenvalue weighted by Crippen LogP contribution is -2.13. The van der Waals surface area contributed by atoms with Crippen LogP contribution in [0.25, 0.3) is 22.3 Å². The fourth-order valence-electron chi connectivity index (χ4n) is 4.30. The fourth-order valence-corrected chi connectivity index (χ4v) is 4.63. The Morgan fingerprint density at radius 3 is 2.25 bits per heavy atom. The Bertz CT molecular complexity index is 1290. The quantitative estimate of drug-likeness (QED) is 0.146. The topological polar surface area (TPSA) is 72.8 Å². The van der Waals surface area contributed by atoms with Crippen LogP contribution in [0.5, 0.6) is 5.75 Å². The van der Waals surface area contributed by atoms with Gasteiger partial charge in [0.05, 0.1) is 29.4 Å². The van der Waals surface area contributed by atoms with E-state index in [0.717, 1.165) is 25.7 Å². The maximum Gasteiger partial charge on any atom is 0.341 e. The Morgan fingerprint density at radius 1 is 0.925 bits per heavy atom. The molecule has 3 aromatic rings. The van der Waals surface area contributed by atoms with Gasteiger partial charge in [-0.15, -0.1) is 0 Å². The van der Waals surface area contributed by atoms with Crippen molar-refractivity contribution in [3.63, 3.8) is 0 Å². The van der Waals surface area contributed by atoms with E-state index in [1.807, 2.05) is 19.9 Å². The van der Waals surface area contributed by atoms with Gasteiger partial charge < -0.3 is 14.6 Å². The second kappa shape index (κ2) is 15.4. The summed E-state index contributed by atoms with van der Waals surface area (Å²) in [7, 11) is 0.